The van der Waals surface area contributed by atoms with Crippen LogP contribution < -0.4 is 5.32 Å². The number of nitrogens with zero attached hydrogens (tertiary/aromatic N) is 5. The second kappa shape index (κ2) is 10.3. The van der Waals surface area contributed by atoms with Crippen LogP contribution in [0.1, 0.15) is 97.1 Å². The van der Waals surface area contributed by atoms with E-state index in [-0.39, 0.29) is 11.9 Å². The lowest BCUT2D eigenvalue weighted by Gasteiger charge is -2.41. The predicted molar refractivity (Wildman–Crippen MR) is 132 cm³/mol. The number of amides is 1. The molecule has 33 heavy (non-hydrogen) atoms. The van der Waals surface area contributed by atoms with Gasteiger partial charge >= 0.3 is 0 Å². The Morgan fingerprint density at radius 1 is 1.15 bits per heavy atom. The molecule has 2 N–H and O–H groups in total. The van der Waals surface area contributed by atoms with E-state index in [1.54, 1.807) is 10.9 Å². The van der Waals surface area contributed by atoms with Crippen molar-refractivity contribution in [2.45, 2.75) is 103 Å². The number of H-pyrrole nitrogens is 1. The summed E-state index contributed by atoms with van der Waals surface area (Å²) >= 11 is 6.36. The topological polar surface area (TPSA) is 92.9 Å². The fraction of sp³-hybridized carbons (Fsp3) is 0.667. The number of nitrogens with one attached hydrogen (secondary N) is 2. The minimum atomic E-state index is -0.620. The third-order valence-electron chi connectivity index (χ3n) is 7.00. The smallest absolute Gasteiger partial charge is 0.245 e. The molecule has 0 radical (unpaired) electrons. The zero-order chi connectivity index (χ0) is 24.2. The number of hydrogen-bond donors (Lipinski definition) is 2. The Morgan fingerprint density at radius 2 is 1.85 bits per heavy atom. The van der Waals surface area contributed by atoms with Crippen molar-refractivity contribution in [3.8, 4) is 0 Å². The molecule has 0 spiro atoms. The molecule has 0 aliphatic rings. The highest BCUT2D eigenvalue weighted by molar-refractivity contribution is 6.34. The Labute approximate surface area is 201 Å². The summed E-state index contributed by atoms with van der Waals surface area (Å²) in [6.07, 6.45) is 11.4. The van der Waals surface area contributed by atoms with Crippen molar-refractivity contribution in [3.05, 3.63) is 35.0 Å². The van der Waals surface area contributed by atoms with Gasteiger partial charge in [-0.2, -0.15) is 5.10 Å². The molecular formula is C24H38ClN7O. The Hall–Kier alpha value is -2.35. The molecule has 0 aliphatic carbocycles. The molecule has 3 rings (SSSR count). The van der Waals surface area contributed by atoms with Crippen LogP contribution in [0, 0.1) is 6.92 Å². The van der Waals surface area contributed by atoms with Gasteiger partial charge in [-0.15, -0.1) is 10.2 Å². The molecule has 3 heterocycles. The summed E-state index contributed by atoms with van der Waals surface area (Å²) in [4.78, 5) is 13.5. The van der Waals surface area contributed by atoms with Crippen molar-refractivity contribution in [2.24, 2.45) is 0 Å². The molecule has 0 fully saturated rings. The van der Waals surface area contributed by atoms with E-state index in [1.165, 1.54) is 25.7 Å². The Morgan fingerprint density at radius 3 is 2.52 bits per heavy atom. The number of fused-ring (bicyclic) bond motifs is 1. The number of hydrogen-bond acceptors (Lipinski definition) is 4. The average Bonchev–Trinajstić information content (AvgIpc) is 3.47. The fourth-order valence-corrected chi connectivity index (χ4v) is 4.28. The maximum absolute atomic E-state index is 13.5. The van der Waals surface area contributed by atoms with Gasteiger partial charge in [-0.1, -0.05) is 70.9 Å². The van der Waals surface area contributed by atoms with E-state index in [0.717, 1.165) is 25.0 Å². The number of unbranched alkanes of at least 4 members (excludes halogenated alkanes) is 5. The van der Waals surface area contributed by atoms with E-state index in [0.29, 0.717) is 16.5 Å². The van der Waals surface area contributed by atoms with E-state index in [9.17, 15) is 4.79 Å². The van der Waals surface area contributed by atoms with Crippen molar-refractivity contribution in [1.29, 1.82) is 0 Å². The van der Waals surface area contributed by atoms with Gasteiger partial charge in [-0.05, 0) is 33.3 Å². The van der Waals surface area contributed by atoms with Crippen LogP contribution >= 0.6 is 11.6 Å². The molecule has 9 heteroatoms. The summed E-state index contributed by atoms with van der Waals surface area (Å²) in [6, 6.07) is 1.52. The molecule has 0 bridgehead atoms. The molecule has 0 aromatic carbocycles. The average molecular weight is 476 g/mol. The van der Waals surface area contributed by atoms with Crippen LogP contribution in [0.25, 0.3) is 5.65 Å². The molecule has 0 aliphatic heterocycles. The van der Waals surface area contributed by atoms with Gasteiger partial charge in [-0.25, -0.2) is 4.52 Å². The van der Waals surface area contributed by atoms with Gasteiger partial charge in [0.2, 0.25) is 5.91 Å². The highest BCUT2D eigenvalue weighted by Gasteiger charge is 2.44. The fourth-order valence-electron chi connectivity index (χ4n) is 4.12. The van der Waals surface area contributed by atoms with Crippen molar-refractivity contribution >= 4 is 23.2 Å². The van der Waals surface area contributed by atoms with Crippen LogP contribution in [0.2, 0.25) is 5.02 Å². The lowest BCUT2D eigenvalue weighted by atomic mass is 9.73. The molecular weight excluding hydrogens is 438 g/mol. The van der Waals surface area contributed by atoms with Crippen LogP contribution in [0.5, 0.6) is 0 Å². The van der Waals surface area contributed by atoms with Crippen LogP contribution in [0.15, 0.2) is 18.5 Å². The summed E-state index contributed by atoms with van der Waals surface area (Å²) < 4.78 is 3.58. The number of aromatic nitrogens is 6. The Bertz CT molecular complexity index is 1050. The molecule has 1 amide bonds. The number of carbonyl (C=O) groups excluding carboxylic acids is 1. The summed E-state index contributed by atoms with van der Waals surface area (Å²) in [5, 5.41) is 20.1. The van der Waals surface area contributed by atoms with Gasteiger partial charge in [0, 0.05) is 23.3 Å². The monoisotopic (exact) mass is 475 g/mol. The highest BCUT2D eigenvalue weighted by atomic mass is 35.5. The minimum absolute atomic E-state index is 0.0354. The lowest BCUT2D eigenvalue weighted by Crippen LogP contribution is -2.58. The number of aryl methyl sites for hydroxylation is 1. The highest BCUT2D eigenvalue weighted by Crippen LogP contribution is 2.35. The first kappa shape index (κ1) is 25.3. The van der Waals surface area contributed by atoms with Gasteiger partial charge in [0.1, 0.15) is 11.1 Å². The van der Waals surface area contributed by atoms with Crippen LogP contribution in [-0.2, 0) is 10.2 Å². The van der Waals surface area contributed by atoms with Crippen molar-refractivity contribution < 1.29 is 4.79 Å². The van der Waals surface area contributed by atoms with E-state index < -0.39 is 11.0 Å². The first-order chi connectivity index (χ1) is 15.6. The molecule has 1 unspecified atom stereocenters. The molecule has 0 saturated heterocycles. The molecule has 1 atom stereocenters. The van der Waals surface area contributed by atoms with Crippen LogP contribution in [-0.4, -0.2) is 41.0 Å². The predicted octanol–water partition coefficient (Wildman–Crippen LogP) is 5.38. The Kier molecular flexibility index (Phi) is 7.88. The van der Waals surface area contributed by atoms with E-state index in [1.807, 2.05) is 37.5 Å². The van der Waals surface area contributed by atoms with Gasteiger partial charge in [0.05, 0.1) is 5.69 Å². The number of rotatable bonds is 12. The maximum Gasteiger partial charge on any atom is 0.245 e. The first-order valence-electron chi connectivity index (χ1n) is 12.0. The Balaban J connectivity index is 1.76. The third kappa shape index (κ3) is 5.26. The molecule has 182 valence electrons. The van der Waals surface area contributed by atoms with Crippen LogP contribution in [0.3, 0.4) is 0 Å². The number of aromatic amines is 1. The van der Waals surface area contributed by atoms with E-state index in [2.05, 4.69) is 46.5 Å². The maximum atomic E-state index is 13.5. The quantitative estimate of drug-likeness (QED) is 0.344. The third-order valence-corrected chi connectivity index (χ3v) is 7.46. The molecule has 3 aromatic heterocycles. The van der Waals surface area contributed by atoms with Gasteiger partial charge < -0.3 is 5.32 Å². The second-order valence-electron chi connectivity index (χ2n) is 10.0. The zero-order valence-corrected chi connectivity index (χ0v) is 21.5. The number of halogens is 1. The number of carbonyl (C=O) groups is 1. The molecule has 3 aromatic rings. The summed E-state index contributed by atoms with van der Waals surface area (Å²) in [5.74, 6) is 0.677. The van der Waals surface area contributed by atoms with E-state index >= 15 is 0 Å². The summed E-state index contributed by atoms with van der Waals surface area (Å²) in [6.45, 7) is 12.3. The summed E-state index contributed by atoms with van der Waals surface area (Å²) in [7, 11) is 0. The second-order valence-corrected chi connectivity index (χ2v) is 10.4. The molecule has 8 nitrogen and oxygen atoms in total. The largest absolute Gasteiger partial charge is 0.348 e. The lowest BCUT2D eigenvalue weighted by molar-refractivity contribution is -0.127. The van der Waals surface area contributed by atoms with Crippen LogP contribution in [0.4, 0.5) is 0 Å². The minimum Gasteiger partial charge on any atom is -0.348 e. The normalized spacial score (nSPS) is 13.5. The van der Waals surface area contributed by atoms with Crippen molar-refractivity contribution in [1.82, 2.24) is 34.9 Å². The first-order valence-corrected chi connectivity index (χ1v) is 12.4. The van der Waals surface area contributed by atoms with Crippen molar-refractivity contribution in [2.75, 3.05) is 0 Å². The summed E-state index contributed by atoms with van der Waals surface area (Å²) in [5.41, 5.74) is 0.262. The standard InChI is InChI=1S/C24H38ClN7O/c1-7-8-9-10-11-12-14-18(31-16-13-15-26-31)21(33)27-24(5,6)23(3,4)22-29-28-20-19(25)17(2)30-32(20)22/h13,15-16,18,30H,7-12,14H2,1-6H3,(H,27,33). The van der Waals surface area contributed by atoms with Gasteiger partial charge in [-0.3, -0.25) is 14.6 Å². The van der Waals surface area contributed by atoms with Crippen molar-refractivity contribution in [3.63, 3.8) is 0 Å². The van der Waals surface area contributed by atoms with Gasteiger partial charge in [0.25, 0.3) is 0 Å². The van der Waals surface area contributed by atoms with E-state index in [4.69, 9.17) is 11.6 Å². The SMILES string of the molecule is CCCCCCCCC(C(=O)NC(C)(C)C(C)(C)c1nnc2c(Cl)c(C)[nH]n12)n1cccn1. The zero-order valence-electron chi connectivity index (χ0n) is 20.8. The molecule has 0 saturated carbocycles. The van der Waals surface area contributed by atoms with Gasteiger partial charge in [0.15, 0.2) is 11.5 Å².